The van der Waals surface area contributed by atoms with E-state index in [9.17, 15) is 4.39 Å². The summed E-state index contributed by atoms with van der Waals surface area (Å²) in [4.78, 5) is 0. The Labute approximate surface area is 134 Å². The Balaban J connectivity index is 2.13. The van der Waals surface area contributed by atoms with Gasteiger partial charge in [-0.15, -0.1) is 0 Å². The topological polar surface area (TPSA) is 9.23 Å². The van der Waals surface area contributed by atoms with E-state index in [2.05, 4.69) is 48.8 Å². The molecular weight excluding hydrogens is 331 g/mol. The van der Waals surface area contributed by atoms with Gasteiger partial charge in [0.25, 0.3) is 0 Å². The molecule has 0 aliphatic heterocycles. The van der Waals surface area contributed by atoms with Crippen molar-refractivity contribution in [1.29, 1.82) is 0 Å². The molecule has 2 rings (SSSR count). The van der Waals surface area contributed by atoms with Crippen molar-refractivity contribution < 1.29 is 9.13 Å². The van der Waals surface area contributed by atoms with Crippen molar-refractivity contribution >= 4 is 15.9 Å². The van der Waals surface area contributed by atoms with Gasteiger partial charge in [0.2, 0.25) is 0 Å². The summed E-state index contributed by atoms with van der Waals surface area (Å²) in [5.74, 6) is 0.607. The molecule has 0 unspecified atom stereocenters. The van der Waals surface area contributed by atoms with Gasteiger partial charge >= 0.3 is 0 Å². The molecule has 1 nitrogen and oxygen atoms in total. The highest BCUT2D eigenvalue weighted by molar-refractivity contribution is 9.10. The summed E-state index contributed by atoms with van der Waals surface area (Å²) in [5.41, 5.74) is 3.45. The second-order valence-electron chi connectivity index (χ2n) is 6.25. The smallest absolute Gasteiger partial charge is 0.124 e. The van der Waals surface area contributed by atoms with Crippen molar-refractivity contribution in [2.75, 3.05) is 0 Å². The Morgan fingerprint density at radius 2 is 1.81 bits per heavy atom. The third-order valence-electron chi connectivity index (χ3n) is 3.44. The fraction of sp³-hybridized carbons (Fsp3) is 0.333. The monoisotopic (exact) mass is 350 g/mol. The van der Waals surface area contributed by atoms with Crippen molar-refractivity contribution in [3.8, 4) is 5.75 Å². The zero-order chi connectivity index (χ0) is 15.6. The van der Waals surface area contributed by atoms with Crippen LogP contribution in [0.5, 0.6) is 5.75 Å². The number of benzene rings is 2. The Morgan fingerprint density at radius 3 is 2.38 bits per heavy atom. The lowest BCUT2D eigenvalue weighted by Crippen LogP contribution is -2.11. The van der Waals surface area contributed by atoms with Gasteiger partial charge in [-0.1, -0.05) is 54.9 Å². The van der Waals surface area contributed by atoms with Gasteiger partial charge in [0.15, 0.2) is 0 Å². The maximum Gasteiger partial charge on any atom is 0.124 e. The van der Waals surface area contributed by atoms with E-state index in [1.165, 1.54) is 17.7 Å². The van der Waals surface area contributed by atoms with E-state index in [0.717, 1.165) is 21.3 Å². The summed E-state index contributed by atoms with van der Waals surface area (Å²) in [6.45, 7) is 9.04. The van der Waals surface area contributed by atoms with E-state index in [-0.39, 0.29) is 11.2 Å². The lowest BCUT2D eigenvalue weighted by Gasteiger charge is -2.20. The second kappa shape index (κ2) is 6.18. The molecule has 0 saturated carbocycles. The summed E-state index contributed by atoms with van der Waals surface area (Å²) in [6, 6.07) is 10.9. The van der Waals surface area contributed by atoms with Crippen molar-refractivity contribution in [1.82, 2.24) is 0 Å². The Kier molecular flexibility index (Phi) is 4.72. The standard InChI is InChI=1S/C18H20BrFO/c1-12-9-14(18(2,3)4)6-8-17(12)21-11-13-5-7-15(20)10-16(13)19/h5-10H,11H2,1-4H3. The highest BCUT2D eigenvalue weighted by Gasteiger charge is 2.14. The van der Waals surface area contributed by atoms with E-state index in [1.807, 2.05) is 13.0 Å². The van der Waals surface area contributed by atoms with Crippen LogP contribution in [0.25, 0.3) is 0 Å². The first-order valence-corrected chi connectivity index (χ1v) is 7.74. The SMILES string of the molecule is Cc1cc(C(C)(C)C)ccc1OCc1ccc(F)cc1Br. The third kappa shape index (κ3) is 4.07. The molecular formula is C18H20BrFO. The average molecular weight is 351 g/mol. The van der Waals surface area contributed by atoms with E-state index < -0.39 is 0 Å². The number of halogens is 2. The van der Waals surface area contributed by atoms with E-state index in [4.69, 9.17) is 4.74 Å². The van der Waals surface area contributed by atoms with Crippen LogP contribution in [0.15, 0.2) is 40.9 Å². The molecule has 0 saturated heterocycles. The van der Waals surface area contributed by atoms with Gasteiger partial charge in [-0.05, 0) is 41.7 Å². The molecule has 2 aromatic rings. The van der Waals surface area contributed by atoms with Gasteiger partial charge in [-0.3, -0.25) is 0 Å². The Morgan fingerprint density at radius 1 is 1.10 bits per heavy atom. The van der Waals surface area contributed by atoms with Crippen LogP contribution in [-0.2, 0) is 12.0 Å². The van der Waals surface area contributed by atoms with Crippen LogP contribution in [-0.4, -0.2) is 0 Å². The molecule has 0 aromatic heterocycles. The lowest BCUT2D eigenvalue weighted by atomic mass is 9.86. The zero-order valence-electron chi connectivity index (χ0n) is 12.8. The minimum Gasteiger partial charge on any atom is -0.489 e. The first-order chi connectivity index (χ1) is 9.77. The normalized spacial score (nSPS) is 11.5. The minimum absolute atomic E-state index is 0.128. The summed E-state index contributed by atoms with van der Waals surface area (Å²) < 4.78 is 19.6. The van der Waals surface area contributed by atoms with Crippen LogP contribution in [0.4, 0.5) is 4.39 Å². The van der Waals surface area contributed by atoms with Crippen LogP contribution in [0.3, 0.4) is 0 Å². The van der Waals surface area contributed by atoms with Crippen molar-refractivity contribution in [2.45, 2.75) is 39.7 Å². The van der Waals surface area contributed by atoms with Gasteiger partial charge in [0.1, 0.15) is 18.2 Å². The van der Waals surface area contributed by atoms with Crippen molar-refractivity contribution in [2.24, 2.45) is 0 Å². The van der Waals surface area contributed by atoms with Gasteiger partial charge in [-0.25, -0.2) is 4.39 Å². The summed E-state index contributed by atoms with van der Waals surface area (Å²) in [6.07, 6.45) is 0. The van der Waals surface area contributed by atoms with E-state index >= 15 is 0 Å². The Hall–Kier alpha value is -1.35. The molecule has 21 heavy (non-hydrogen) atoms. The van der Waals surface area contributed by atoms with Crippen LogP contribution in [0.2, 0.25) is 0 Å². The molecule has 0 aliphatic rings. The van der Waals surface area contributed by atoms with Crippen LogP contribution in [0.1, 0.15) is 37.5 Å². The van der Waals surface area contributed by atoms with Crippen molar-refractivity contribution in [3.05, 3.63) is 63.4 Å². The Bertz CT molecular complexity index is 644. The number of ether oxygens (including phenoxy) is 1. The molecule has 0 N–H and O–H groups in total. The van der Waals surface area contributed by atoms with Crippen LogP contribution < -0.4 is 4.74 Å². The fourth-order valence-electron chi connectivity index (χ4n) is 2.07. The maximum atomic E-state index is 13.1. The molecule has 0 radical (unpaired) electrons. The number of aryl methyl sites for hydroxylation is 1. The lowest BCUT2D eigenvalue weighted by molar-refractivity contribution is 0.303. The van der Waals surface area contributed by atoms with Gasteiger partial charge in [0, 0.05) is 10.0 Å². The maximum absolute atomic E-state index is 13.1. The van der Waals surface area contributed by atoms with Gasteiger partial charge in [-0.2, -0.15) is 0 Å². The summed E-state index contributed by atoms with van der Waals surface area (Å²) in [5, 5.41) is 0. The average Bonchev–Trinajstić information content (AvgIpc) is 2.38. The van der Waals surface area contributed by atoms with Gasteiger partial charge in [0.05, 0.1) is 0 Å². The quantitative estimate of drug-likeness (QED) is 0.682. The van der Waals surface area contributed by atoms with Crippen LogP contribution in [0, 0.1) is 12.7 Å². The predicted octanol–water partition coefficient (Wildman–Crippen LogP) is 5.77. The second-order valence-corrected chi connectivity index (χ2v) is 7.11. The molecule has 0 spiro atoms. The molecule has 0 bridgehead atoms. The first kappa shape index (κ1) is 16.0. The summed E-state index contributed by atoms with van der Waals surface area (Å²) in [7, 11) is 0. The van der Waals surface area contributed by atoms with E-state index in [0.29, 0.717) is 6.61 Å². The van der Waals surface area contributed by atoms with E-state index in [1.54, 1.807) is 6.07 Å². The van der Waals surface area contributed by atoms with Gasteiger partial charge < -0.3 is 4.74 Å². The number of hydrogen-bond donors (Lipinski definition) is 0. The third-order valence-corrected chi connectivity index (χ3v) is 4.18. The molecule has 0 aliphatic carbocycles. The highest BCUT2D eigenvalue weighted by atomic mass is 79.9. The summed E-state index contributed by atoms with van der Waals surface area (Å²) >= 11 is 3.36. The number of hydrogen-bond acceptors (Lipinski definition) is 1. The number of rotatable bonds is 3. The molecule has 2 aromatic carbocycles. The minimum atomic E-state index is -0.253. The van der Waals surface area contributed by atoms with Crippen LogP contribution >= 0.6 is 15.9 Å². The molecule has 3 heteroatoms. The molecule has 0 amide bonds. The first-order valence-electron chi connectivity index (χ1n) is 6.95. The zero-order valence-corrected chi connectivity index (χ0v) is 14.4. The predicted molar refractivity (Wildman–Crippen MR) is 88.3 cm³/mol. The fourth-order valence-corrected chi connectivity index (χ4v) is 2.54. The molecule has 0 atom stereocenters. The molecule has 112 valence electrons. The van der Waals surface area contributed by atoms with Crippen molar-refractivity contribution in [3.63, 3.8) is 0 Å². The molecule has 0 heterocycles. The highest BCUT2D eigenvalue weighted by Crippen LogP contribution is 2.28. The largest absolute Gasteiger partial charge is 0.489 e. The molecule has 0 fully saturated rings.